The lowest BCUT2D eigenvalue weighted by atomic mass is 9.95. The third-order valence-electron chi connectivity index (χ3n) is 3.51. The van der Waals surface area contributed by atoms with Crippen LogP contribution in [0.3, 0.4) is 0 Å². The van der Waals surface area contributed by atoms with Gasteiger partial charge in [0.05, 0.1) is 6.04 Å². The van der Waals surface area contributed by atoms with Crippen LogP contribution in [0.2, 0.25) is 0 Å². The first-order chi connectivity index (χ1) is 8.63. The number of nitrogens with zero attached hydrogens (tertiary/aromatic N) is 1. The lowest BCUT2D eigenvalue weighted by Gasteiger charge is -2.19. The maximum Gasteiger partial charge on any atom is 0.0592 e. The van der Waals surface area contributed by atoms with Crippen molar-refractivity contribution in [2.45, 2.75) is 26.8 Å². The third-order valence-corrected chi connectivity index (χ3v) is 3.51. The summed E-state index contributed by atoms with van der Waals surface area (Å²) >= 11 is 0. The zero-order valence-corrected chi connectivity index (χ0v) is 11.5. The van der Waals surface area contributed by atoms with Gasteiger partial charge in [0, 0.05) is 11.9 Å². The number of rotatable bonds is 3. The number of hydrogen-bond acceptors (Lipinski definition) is 2. The monoisotopic (exact) mass is 240 g/mol. The van der Waals surface area contributed by atoms with Gasteiger partial charge in [-0.2, -0.15) is 0 Å². The largest absolute Gasteiger partial charge is 0.309 e. The number of hydrogen-bond donors (Lipinski definition) is 1. The molecule has 1 heterocycles. The van der Waals surface area contributed by atoms with Gasteiger partial charge in [-0.3, -0.25) is 4.98 Å². The summed E-state index contributed by atoms with van der Waals surface area (Å²) in [5.74, 6) is 0. The molecule has 0 radical (unpaired) electrons. The van der Waals surface area contributed by atoms with E-state index in [1.165, 1.54) is 22.3 Å². The van der Waals surface area contributed by atoms with Crippen LogP contribution in [-0.4, -0.2) is 12.0 Å². The van der Waals surface area contributed by atoms with Crippen LogP contribution in [0.1, 0.15) is 34.0 Å². The number of aryl methyl sites for hydroxylation is 3. The van der Waals surface area contributed by atoms with E-state index in [1.54, 1.807) is 0 Å². The van der Waals surface area contributed by atoms with Gasteiger partial charge < -0.3 is 5.32 Å². The van der Waals surface area contributed by atoms with Gasteiger partial charge >= 0.3 is 0 Å². The Morgan fingerprint density at radius 2 is 1.83 bits per heavy atom. The van der Waals surface area contributed by atoms with Crippen LogP contribution in [0, 0.1) is 20.8 Å². The lowest BCUT2D eigenvalue weighted by molar-refractivity contribution is 0.682. The molecular weight excluding hydrogens is 220 g/mol. The Balaban J connectivity index is 2.45. The quantitative estimate of drug-likeness (QED) is 0.890. The maximum atomic E-state index is 4.37. The molecule has 0 aliphatic rings. The molecular formula is C16H20N2. The first-order valence-corrected chi connectivity index (χ1v) is 6.29. The second-order valence-electron chi connectivity index (χ2n) is 4.74. The molecule has 0 bridgehead atoms. The van der Waals surface area contributed by atoms with Crippen molar-refractivity contribution in [1.29, 1.82) is 0 Å². The van der Waals surface area contributed by atoms with Crippen LogP contribution >= 0.6 is 0 Å². The molecule has 1 unspecified atom stereocenters. The van der Waals surface area contributed by atoms with Crippen molar-refractivity contribution in [1.82, 2.24) is 10.3 Å². The van der Waals surface area contributed by atoms with Gasteiger partial charge in [-0.1, -0.05) is 24.3 Å². The van der Waals surface area contributed by atoms with E-state index in [4.69, 9.17) is 0 Å². The number of nitrogens with one attached hydrogen (secondary N) is 1. The van der Waals surface area contributed by atoms with Crippen molar-refractivity contribution >= 4 is 0 Å². The zero-order chi connectivity index (χ0) is 13.1. The zero-order valence-electron chi connectivity index (χ0n) is 11.5. The van der Waals surface area contributed by atoms with E-state index >= 15 is 0 Å². The number of benzene rings is 1. The highest BCUT2D eigenvalue weighted by Crippen LogP contribution is 2.25. The van der Waals surface area contributed by atoms with Crippen LogP contribution in [0.5, 0.6) is 0 Å². The Kier molecular flexibility index (Phi) is 3.78. The highest BCUT2D eigenvalue weighted by atomic mass is 14.9. The molecule has 1 aromatic carbocycles. The van der Waals surface area contributed by atoms with Gasteiger partial charge in [0.2, 0.25) is 0 Å². The summed E-state index contributed by atoms with van der Waals surface area (Å²) in [6.45, 7) is 6.35. The molecule has 1 N–H and O–H groups in total. The Morgan fingerprint density at radius 1 is 1.06 bits per heavy atom. The SMILES string of the molecule is CNC(c1ccc(C)c(C)c1)c1cccnc1C. The molecule has 0 saturated heterocycles. The van der Waals surface area contributed by atoms with E-state index in [2.05, 4.69) is 55.3 Å². The van der Waals surface area contributed by atoms with Crippen molar-refractivity contribution in [3.63, 3.8) is 0 Å². The Labute approximate surface area is 109 Å². The Hall–Kier alpha value is -1.67. The summed E-state index contributed by atoms with van der Waals surface area (Å²) in [6.07, 6.45) is 1.84. The fourth-order valence-electron chi connectivity index (χ4n) is 2.25. The fraction of sp³-hybridized carbons (Fsp3) is 0.312. The molecule has 0 fully saturated rings. The van der Waals surface area contributed by atoms with Crippen molar-refractivity contribution in [3.8, 4) is 0 Å². The van der Waals surface area contributed by atoms with Crippen LogP contribution in [0.15, 0.2) is 36.5 Å². The predicted molar refractivity (Wildman–Crippen MR) is 75.8 cm³/mol. The molecule has 0 saturated carbocycles. The summed E-state index contributed by atoms with van der Waals surface area (Å²) in [4.78, 5) is 4.37. The Bertz CT molecular complexity index is 547. The fourth-order valence-corrected chi connectivity index (χ4v) is 2.25. The smallest absolute Gasteiger partial charge is 0.0592 e. The minimum Gasteiger partial charge on any atom is -0.309 e. The minimum atomic E-state index is 0.206. The van der Waals surface area contributed by atoms with Crippen LogP contribution in [0.25, 0.3) is 0 Å². The van der Waals surface area contributed by atoms with Crippen molar-refractivity contribution in [3.05, 3.63) is 64.5 Å². The van der Waals surface area contributed by atoms with E-state index in [0.29, 0.717) is 0 Å². The second kappa shape index (κ2) is 5.32. The minimum absolute atomic E-state index is 0.206. The number of aromatic nitrogens is 1. The van der Waals surface area contributed by atoms with Crippen molar-refractivity contribution in [2.75, 3.05) is 7.05 Å². The summed E-state index contributed by atoms with van der Waals surface area (Å²) in [7, 11) is 1.99. The molecule has 1 atom stereocenters. The van der Waals surface area contributed by atoms with Gasteiger partial charge in [-0.25, -0.2) is 0 Å². The van der Waals surface area contributed by atoms with E-state index in [-0.39, 0.29) is 6.04 Å². The van der Waals surface area contributed by atoms with E-state index in [0.717, 1.165) is 5.69 Å². The summed E-state index contributed by atoms with van der Waals surface area (Å²) in [5.41, 5.74) is 6.26. The highest BCUT2D eigenvalue weighted by Gasteiger charge is 2.14. The van der Waals surface area contributed by atoms with E-state index in [1.807, 2.05) is 19.3 Å². The molecule has 2 aromatic rings. The average Bonchev–Trinajstić information content (AvgIpc) is 2.37. The molecule has 2 nitrogen and oxygen atoms in total. The Morgan fingerprint density at radius 3 is 2.44 bits per heavy atom. The van der Waals surface area contributed by atoms with Gasteiger partial charge in [0.15, 0.2) is 0 Å². The van der Waals surface area contributed by atoms with Gasteiger partial charge in [0.1, 0.15) is 0 Å². The van der Waals surface area contributed by atoms with E-state index < -0.39 is 0 Å². The summed E-state index contributed by atoms with van der Waals surface area (Å²) in [6, 6.07) is 11.0. The first-order valence-electron chi connectivity index (χ1n) is 6.29. The second-order valence-corrected chi connectivity index (χ2v) is 4.74. The van der Waals surface area contributed by atoms with Crippen molar-refractivity contribution < 1.29 is 0 Å². The van der Waals surface area contributed by atoms with Crippen molar-refractivity contribution in [2.24, 2.45) is 0 Å². The van der Waals surface area contributed by atoms with Gasteiger partial charge in [-0.15, -0.1) is 0 Å². The molecule has 0 spiro atoms. The highest BCUT2D eigenvalue weighted by molar-refractivity contribution is 5.38. The van der Waals surface area contributed by atoms with Gasteiger partial charge in [-0.05, 0) is 56.1 Å². The lowest BCUT2D eigenvalue weighted by Crippen LogP contribution is -2.19. The molecule has 2 heteroatoms. The third kappa shape index (κ3) is 2.44. The molecule has 0 aliphatic carbocycles. The molecule has 18 heavy (non-hydrogen) atoms. The van der Waals surface area contributed by atoms with Crippen LogP contribution in [0.4, 0.5) is 0 Å². The normalized spacial score (nSPS) is 12.4. The van der Waals surface area contributed by atoms with Crippen LogP contribution in [-0.2, 0) is 0 Å². The number of pyridine rings is 1. The maximum absolute atomic E-state index is 4.37. The van der Waals surface area contributed by atoms with Crippen LogP contribution < -0.4 is 5.32 Å². The molecule has 94 valence electrons. The summed E-state index contributed by atoms with van der Waals surface area (Å²) in [5, 5.41) is 3.38. The molecule has 1 aromatic heterocycles. The van der Waals surface area contributed by atoms with Gasteiger partial charge in [0.25, 0.3) is 0 Å². The summed E-state index contributed by atoms with van der Waals surface area (Å²) < 4.78 is 0. The predicted octanol–water partition coefficient (Wildman–Crippen LogP) is 3.32. The molecule has 0 aliphatic heterocycles. The molecule has 2 rings (SSSR count). The van der Waals surface area contributed by atoms with E-state index in [9.17, 15) is 0 Å². The standard InChI is InChI=1S/C16H20N2/c1-11-7-8-14(10-12(11)2)16(17-4)15-6-5-9-18-13(15)3/h5-10,16-17H,1-4H3. The topological polar surface area (TPSA) is 24.9 Å². The molecule has 0 amide bonds. The first kappa shape index (κ1) is 12.8. The average molecular weight is 240 g/mol.